The molecule has 4 nitrogen and oxygen atoms in total. The smallest absolute Gasteiger partial charge is 0.231 e. The Morgan fingerprint density at radius 1 is 1.40 bits per heavy atom. The summed E-state index contributed by atoms with van der Waals surface area (Å²) in [7, 11) is 3.36. The van der Waals surface area contributed by atoms with Crippen LogP contribution in [0.4, 0.5) is 5.69 Å². The van der Waals surface area contributed by atoms with Gasteiger partial charge < -0.3 is 14.7 Å². The lowest BCUT2D eigenvalue weighted by atomic mass is 10.0. The zero-order chi connectivity index (χ0) is 14.3. The summed E-state index contributed by atoms with van der Waals surface area (Å²) in [5.74, 6) is 0.775. The minimum Gasteiger partial charge on any atom is -0.495 e. The summed E-state index contributed by atoms with van der Waals surface area (Å²) in [5, 5.41) is 12.4. The van der Waals surface area contributed by atoms with E-state index in [0.29, 0.717) is 12.2 Å². The predicted molar refractivity (Wildman–Crippen MR) is 78.5 cm³/mol. The molecule has 1 atom stereocenters. The van der Waals surface area contributed by atoms with Crippen molar-refractivity contribution in [2.75, 3.05) is 19.1 Å². The molecule has 0 aliphatic carbocycles. The van der Waals surface area contributed by atoms with Gasteiger partial charge in [0.15, 0.2) is 0 Å². The van der Waals surface area contributed by atoms with Gasteiger partial charge in [0.1, 0.15) is 11.9 Å². The number of benzene rings is 1. The minimum absolute atomic E-state index is 0.0837. The molecule has 1 aliphatic rings. The molecule has 2 aromatic rings. The van der Waals surface area contributed by atoms with E-state index in [4.69, 9.17) is 4.74 Å². The molecule has 20 heavy (non-hydrogen) atoms. The van der Waals surface area contributed by atoms with Crippen LogP contribution in [0.1, 0.15) is 22.1 Å². The van der Waals surface area contributed by atoms with E-state index in [-0.39, 0.29) is 5.91 Å². The molecule has 0 saturated carbocycles. The number of amides is 1. The van der Waals surface area contributed by atoms with Crippen molar-refractivity contribution in [3.63, 3.8) is 0 Å². The van der Waals surface area contributed by atoms with Crippen molar-refractivity contribution in [2.24, 2.45) is 0 Å². The second-order valence-electron chi connectivity index (χ2n) is 4.77. The van der Waals surface area contributed by atoms with E-state index in [1.54, 1.807) is 19.1 Å². The van der Waals surface area contributed by atoms with Gasteiger partial charge in [-0.15, -0.1) is 11.3 Å². The van der Waals surface area contributed by atoms with Gasteiger partial charge in [-0.2, -0.15) is 0 Å². The van der Waals surface area contributed by atoms with E-state index in [1.807, 2.05) is 29.6 Å². The standard InChI is InChI=1S/C15H15NO3S/c1-16-11-4-3-9(7-10(11)8-13(16)17)14(18)15-12(19-2)5-6-20-15/h3-7,14,18H,8H2,1-2H3. The molecule has 1 aromatic carbocycles. The van der Waals surface area contributed by atoms with Gasteiger partial charge in [-0.05, 0) is 28.6 Å². The summed E-state index contributed by atoms with van der Waals surface area (Å²) in [4.78, 5) is 14.1. The number of aliphatic hydroxyl groups is 1. The Labute approximate surface area is 121 Å². The van der Waals surface area contributed by atoms with Crippen molar-refractivity contribution in [3.8, 4) is 5.75 Å². The second kappa shape index (κ2) is 4.92. The molecule has 3 rings (SSSR count). The first kappa shape index (κ1) is 13.1. The number of likely N-dealkylation sites (N-methyl/N-ethyl adjacent to an activating group) is 1. The zero-order valence-electron chi connectivity index (χ0n) is 11.3. The number of carbonyl (C=O) groups excluding carboxylic acids is 1. The zero-order valence-corrected chi connectivity index (χ0v) is 12.1. The fourth-order valence-electron chi connectivity index (χ4n) is 2.49. The van der Waals surface area contributed by atoms with Crippen LogP contribution >= 0.6 is 11.3 Å². The lowest BCUT2D eigenvalue weighted by molar-refractivity contribution is -0.117. The largest absolute Gasteiger partial charge is 0.495 e. The van der Waals surface area contributed by atoms with Gasteiger partial charge in [0, 0.05) is 12.7 Å². The highest BCUT2D eigenvalue weighted by molar-refractivity contribution is 7.10. The lowest BCUT2D eigenvalue weighted by Gasteiger charge is -2.14. The molecule has 2 heterocycles. The maximum absolute atomic E-state index is 11.7. The molecule has 0 bridgehead atoms. The number of fused-ring (bicyclic) bond motifs is 1. The molecule has 1 amide bonds. The van der Waals surface area contributed by atoms with E-state index in [9.17, 15) is 9.90 Å². The van der Waals surface area contributed by atoms with Crippen LogP contribution in [0.5, 0.6) is 5.75 Å². The van der Waals surface area contributed by atoms with E-state index >= 15 is 0 Å². The Balaban J connectivity index is 1.96. The monoisotopic (exact) mass is 289 g/mol. The molecule has 104 valence electrons. The first-order chi connectivity index (χ1) is 9.61. The quantitative estimate of drug-likeness (QED) is 0.943. The highest BCUT2D eigenvalue weighted by Crippen LogP contribution is 2.37. The second-order valence-corrected chi connectivity index (χ2v) is 5.72. The molecule has 0 radical (unpaired) electrons. The first-order valence-electron chi connectivity index (χ1n) is 6.30. The Bertz CT molecular complexity index is 665. The molecular weight excluding hydrogens is 274 g/mol. The number of hydrogen-bond acceptors (Lipinski definition) is 4. The Hall–Kier alpha value is -1.85. The average molecular weight is 289 g/mol. The van der Waals surface area contributed by atoms with Crippen molar-refractivity contribution < 1.29 is 14.6 Å². The van der Waals surface area contributed by atoms with Gasteiger partial charge in [-0.3, -0.25) is 4.79 Å². The maximum Gasteiger partial charge on any atom is 0.231 e. The van der Waals surface area contributed by atoms with Gasteiger partial charge >= 0.3 is 0 Å². The van der Waals surface area contributed by atoms with Crippen molar-refractivity contribution in [1.29, 1.82) is 0 Å². The number of carbonyl (C=O) groups is 1. The molecule has 1 unspecified atom stereocenters. The molecule has 0 saturated heterocycles. The first-order valence-corrected chi connectivity index (χ1v) is 7.18. The molecule has 1 aromatic heterocycles. The van der Waals surface area contributed by atoms with Gasteiger partial charge in [0.2, 0.25) is 5.91 Å². The summed E-state index contributed by atoms with van der Waals surface area (Å²) in [6.45, 7) is 0. The van der Waals surface area contributed by atoms with E-state index < -0.39 is 6.10 Å². The van der Waals surface area contributed by atoms with E-state index in [0.717, 1.165) is 21.7 Å². The average Bonchev–Trinajstić information content (AvgIpc) is 3.03. The van der Waals surface area contributed by atoms with Crippen LogP contribution in [0.2, 0.25) is 0 Å². The third kappa shape index (κ3) is 1.99. The SMILES string of the molecule is COc1ccsc1C(O)c1ccc2c(c1)CC(=O)N2C. The molecule has 1 aliphatic heterocycles. The number of methoxy groups -OCH3 is 1. The number of anilines is 1. The van der Waals surface area contributed by atoms with Crippen LogP contribution in [0, 0.1) is 0 Å². The minimum atomic E-state index is -0.726. The normalized spacial score (nSPS) is 15.3. The highest BCUT2D eigenvalue weighted by atomic mass is 32.1. The van der Waals surface area contributed by atoms with Gasteiger partial charge in [-0.1, -0.05) is 12.1 Å². The number of thiophene rings is 1. The Morgan fingerprint density at radius 3 is 2.95 bits per heavy atom. The number of ether oxygens (including phenoxy) is 1. The van der Waals surface area contributed by atoms with Crippen LogP contribution in [0.25, 0.3) is 0 Å². The van der Waals surface area contributed by atoms with Crippen LogP contribution in [0.15, 0.2) is 29.6 Å². The van der Waals surface area contributed by atoms with E-state index in [1.165, 1.54) is 11.3 Å². The predicted octanol–water partition coefficient (Wildman–Crippen LogP) is 2.36. The van der Waals surface area contributed by atoms with Crippen LogP contribution in [-0.4, -0.2) is 25.2 Å². The molecule has 5 heteroatoms. The number of nitrogens with zero attached hydrogens (tertiary/aromatic N) is 1. The Morgan fingerprint density at radius 2 is 2.20 bits per heavy atom. The summed E-state index contributed by atoms with van der Waals surface area (Å²) in [5.41, 5.74) is 2.67. The van der Waals surface area contributed by atoms with Gasteiger partial charge in [0.25, 0.3) is 0 Å². The fourth-order valence-corrected chi connectivity index (χ4v) is 3.36. The van der Waals surface area contributed by atoms with Gasteiger partial charge in [0.05, 0.1) is 18.4 Å². The molecule has 1 N–H and O–H groups in total. The molecule has 0 fully saturated rings. The van der Waals surface area contributed by atoms with Crippen LogP contribution in [0.3, 0.4) is 0 Å². The third-order valence-corrected chi connectivity index (χ3v) is 4.57. The van der Waals surface area contributed by atoms with Crippen LogP contribution in [-0.2, 0) is 11.2 Å². The summed E-state index contributed by atoms with van der Waals surface area (Å²) in [6, 6.07) is 7.49. The summed E-state index contributed by atoms with van der Waals surface area (Å²) < 4.78 is 5.24. The van der Waals surface area contributed by atoms with E-state index in [2.05, 4.69) is 0 Å². The number of aliphatic hydroxyl groups excluding tert-OH is 1. The van der Waals surface area contributed by atoms with Crippen molar-refractivity contribution in [3.05, 3.63) is 45.6 Å². The van der Waals surface area contributed by atoms with Crippen LogP contribution < -0.4 is 9.64 Å². The Kier molecular flexibility index (Phi) is 3.23. The lowest BCUT2D eigenvalue weighted by Crippen LogP contribution is -2.20. The number of hydrogen-bond donors (Lipinski definition) is 1. The fraction of sp³-hybridized carbons (Fsp3) is 0.267. The number of rotatable bonds is 3. The van der Waals surface area contributed by atoms with Gasteiger partial charge in [-0.25, -0.2) is 0 Å². The third-order valence-electron chi connectivity index (χ3n) is 3.62. The topological polar surface area (TPSA) is 49.8 Å². The van der Waals surface area contributed by atoms with Crippen molar-refractivity contribution in [1.82, 2.24) is 0 Å². The molecule has 0 spiro atoms. The summed E-state index contributed by atoms with van der Waals surface area (Å²) in [6.07, 6.45) is -0.329. The molecular formula is C15H15NO3S. The maximum atomic E-state index is 11.7. The highest BCUT2D eigenvalue weighted by Gasteiger charge is 2.26. The van der Waals surface area contributed by atoms with Crippen molar-refractivity contribution in [2.45, 2.75) is 12.5 Å². The van der Waals surface area contributed by atoms with Crippen molar-refractivity contribution >= 4 is 22.9 Å². The summed E-state index contributed by atoms with van der Waals surface area (Å²) >= 11 is 1.46.